The molecule has 1 N–H and O–H groups in total. The van der Waals surface area contributed by atoms with Crippen LogP contribution in [-0.2, 0) is 16.6 Å². The van der Waals surface area contributed by atoms with Crippen LogP contribution >= 0.6 is 0 Å². The summed E-state index contributed by atoms with van der Waals surface area (Å²) in [6.45, 7) is 0.807. The number of carbonyl (C=O) groups is 1. The second-order valence-corrected chi connectivity index (χ2v) is 3.79. The zero-order valence-electron chi connectivity index (χ0n) is 9.37. The Morgan fingerprint density at radius 2 is 2.41 bits per heavy atom. The van der Waals surface area contributed by atoms with Crippen molar-refractivity contribution in [3.05, 3.63) is 22.7 Å². The van der Waals surface area contributed by atoms with Gasteiger partial charge in [-0.25, -0.2) is 9.78 Å². The first-order valence-electron chi connectivity index (χ1n) is 5.20. The fourth-order valence-corrected chi connectivity index (χ4v) is 1.74. The van der Waals surface area contributed by atoms with E-state index in [-0.39, 0.29) is 18.0 Å². The number of carboxylic acids is 1. The van der Waals surface area contributed by atoms with Crippen molar-refractivity contribution in [1.29, 1.82) is 0 Å². The molecule has 2 heterocycles. The van der Waals surface area contributed by atoms with Gasteiger partial charge in [-0.1, -0.05) is 0 Å². The number of carboxylic acid groups (broad SMARTS) is 1. The Morgan fingerprint density at radius 3 is 3.12 bits per heavy atom. The monoisotopic (exact) mass is 239 g/mol. The van der Waals surface area contributed by atoms with Gasteiger partial charge >= 0.3 is 5.97 Å². The number of rotatable bonds is 2. The van der Waals surface area contributed by atoms with E-state index in [9.17, 15) is 9.59 Å². The lowest BCUT2D eigenvalue weighted by Crippen LogP contribution is -2.52. The van der Waals surface area contributed by atoms with Crippen LogP contribution in [0.4, 0.5) is 5.82 Å². The highest BCUT2D eigenvalue weighted by Crippen LogP contribution is 2.13. The van der Waals surface area contributed by atoms with Crippen LogP contribution in [0.5, 0.6) is 0 Å². The standard InChI is InChI=1S/C10H13N3O4/c1-12-3-2-11-8(9(12)14)13-4-5-17-6-7(13)10(15)16/h2-3,7H,4-6H2,1H3,(H,15,16). The number of ether oxygens (including phenoxy) is 1. The maximum atomic E-state index is 11.9. The van der Waals surface area contributed by atoms with Crippen molar-refractivity contribution in [3.63, 3.8) is 0 Å². The van der Waals surface area contributed by atoms with Gasteiger partial charge < -0.3 is 19.3 Å². The lowest BCUT2D eigenvalue weighted by molar-refractivity contribution is -0.141. The summed E-state index contributed by atoms with van der Waals surface area (Å²) in [5.41, 5.74) is -0.305. The molecule has 92 valence electrons. The van der Waals surface area contributed by atoms with E-state index >= 15 is 0 Å². The topological polar surface area (TPSA) is 84.7 Å². The van der Waals surface area contributed by atoms with Crippen molar-refractivity contribution in [1.82, 2.24) is 9.55 Å². The third kappa shape index (κ3) is 2.14. The smallest absolute Gasteiger partial charge is 0.328 e. The average Bonchev–Trinajstić information content (AvgIpc) is 2.33. The van der Waals surface area contributed by atoms with E-state index in [2.05, 4.69) is 4.98 Å². The second-order valence-electron chi connectivity index (χ2n) is 3.79. The number of aliphatic carboxylic acids is 1. The Kier molecular flexibility index (Phi) is 3.10. The van der Waals surface area contributed by atoms with Crippen molar-refractivity contribution in [2.45, 2.75) is 6.04 Å². The Labute approximate surface area is 97.3 Å². The van der Waals surface area contributed by atoms with Gasteiger partial charge in [0.05, 0.1) is 13.2 Å². The molecule has 0 amide bonds. The van der Waals surface area contributed by atoms with Crippen LogP contribution in [0.3, 0.4) is 0 Å². The molecule has 1 atom stereocenters. The highest BCUT2D eigenvalue weighted by molar-refractivity contribution is 5.78. The van der Waals surface area contributed by atoms with E-state index in [0.717, 1.165) is 0 Å². The fraction of sp³-hybridized carbons (Fsp3) is 0.500. The van der Waals surface area contributed by atoms with E-state index < -0.39 is 12.0 Å². The molecule has 7 nitrogen and oxygen atoms in total. The summed E-state index contributed by atoms with van der Waals surface area (Å²) >= 11 is 0. The maximum Gasteiger partial charge on any atom is 0.328 e. The predicted octanol–water partition coefficient (Wildman–Crippen LogP) is -0.930. The van der Waals surface area contributed by atoms with Gasteiger partial charge in [0.1, 0.15) is 0 Å². The summed E-state index contributed by atoms with van der Waals surface area (Å²) in [5, 5.41) is 9.07. The molecule has 1 saturated heterocycles. The van der Waals surface area contributed by atoms with Crippen LogP contribution in [0.1, 0.15) is 0 Å². The van der Waals surface area contributed by atoms with E-state index in [1.165, 1.54) is 21.9 Å². The highest BCUT2D eigenvalue weighted by Gasteiger charge is 2.31. The zero-order chi connectivity index (χ0) is 12.4. The molecule has 0 aliphatic carbocycles. The number of hydrogen-bond donors (Lipinski definition) is 1. The largest absolute Gasteiger partial charge is 0.480 e. The molecule has 1 aromatic heterocycles. The molecule has 0 aromatic carbocycles. The van der Waals surface area contributed by atoms with Crippen LogP contribution in [-0.4, -0.2) is 46.4 Å². The molecule has 1 fully saturated rings. The van der Waals surface area contributed by atoms with Crippen LogP contribution in [0.25, 0.3) is 0 Å². The molecule has 0 bridgehead atoms. The summed E-state index contributed by atoms with van der Waals surface area (Å²) in [5.74, 6) is -0.858. The lowest BCUT2D eigenvalue weighted by Gasteiger charge is -2.33. The van der Waals surface area contributed by atoms with Gasteiger partial charge in [-0.15, -0.1) is 0 Å². The van der Waals surface area contributed by atoms with Gasteiger partial charge in [-0.05, 0) is 0 Å². The van der Waals surface area contributed by atoms with E-state index in [0.29, 0.717) is 13.2 Å². The van der Waals surface area contributed by atoms with E-state index in [4.69, 9.17) is 9.84 Å². The number of morpholine rings is 1. The Bertz CT molecular complexity index is 485. The first-order chi connectivity index (χ1) is 8.11. The van der Waals surface area contributed by atoms with Gasteiger partial charge in [0.25, 0.3) is 5.56 Å². The van der Waals surface area contributed by atoms with Crippen molar-refractivity contribution >= 4 is 11.8 Å². The average molecular weight is 239 g/mol. The number of hydrogen-bond acceptors (Lipinski definition) is 5. The maximum absolute atomic E-state index is 11.9. The molecule has 1 aromatic rings. The minimum absolute atomic E-state index is 0.0645. The first-order valence-corrected chi connectivity index (χ1v) is 5.20. The molecular weight excluding hydrogens is 226 g/mol. The SMILES string of the molecule is Cn1ccnc(N2CCOCC2C(=O)O)c1=O. The third-order valence-electron chi connectivity index (χ3n) is 2.68. The summed E-state index contributed by atoms with van der Waals surface area (Å²) in [4.78, 5) is 28.4. The number of aromatic nitrogens is 2. The Hall–Kier alpha value is -1.89. The molecule has 17 heavy (non-hydrogen) atoms. The van der Waals surface area contributed by atoms with Crippen molar-refractivity contribution in [3.8, 4) is 0 Å². The molecular formula is C10H13N3O4. The molecule has 1 unspecified atom stereocenters. The van der Waals surface area contributed by atoms with Crippen LogP contribution in [0.15, 0.2) is 17.2 Å². The van der Waals surface area contributed by atoms with E-state index in [1.807, 2.05) is 0 Å². The Balaban J connectivity index is 2.40. The molecule has 2 rings (SSSR count). The van der Waals surface area contributed by atoms with Crippen molar-refractivity contribution < 1.29 is 14.6 Å². The summed E-state index contributed by atoms with van der Waals surface area (Å²) in [6, 6.07) is -0.855. The predicted molar refractivity (Wildman–Crippen MR) is 59.1 cm³/mol. The molecule has 1 aliphatic rings. The van der Waals surface area contributed by atoms with Gasteiger partial charge in [0.2, 0.25) is 0 Å². The van der Waals surface area contributed by atoms with Crippen LogP contribution in [0.2, 0.25) is 0 Å². The quantitative estimate of drug-likeness (QED) is 0.717. The molecule has 0 spiro atoms. The Morgan fingerprint density at radius 1 is 1.65 bits per heavy atom. The first kappa shape index (κ1) is 11.6. The van der Waals surface area contributed by atoms with Crippen molar-refractivity contribution in [2.75, 3.05) is 24.7 Å². The molecule has 0 radical (unpaired) electrons. The fourth-order valence-electron chi connectivity index (χ4n) is 1.74. The number of anilines is 1. The van der Waals surface area contributed by atoms with Gasteiger partial charge in [0.15, 0.2) is 11.9 Å². The molecule has 0 saturated carbocycles. The highest BCUT2D eigenvalue weighted by atomic mass is 16.5. The number of nitrogens with zero attached hydrogens (tertiary/aromatic N) is 3. The third-order valence-corrected chi connectivity index (χ3v) is 2.68. The lowest BCUT2D eigenvalue weighted by atomic mass is 10.2. The summed E-state index contributed by atoms with van der Waals surface area (Å²) in [6.07, 6.45) is 3.01. The normalized spacial score (nSPS) is 20.3. The second kappa shape index (κ2) is 4.54. The molecule has 7 heteroatoms. The van der Waals surface area contributed by atoms with Crippen LogP contribution < -0.4 is 10.5 Å². The van der Waals surface area contributed by atoms with Gasteiger partial charge in [0, 0.05) is 26.0 Å². The van der Waals surface area contributed by atoms with Gasteiger partial charge in [-0.3, -0.25) is 4.79 Å². The minimum Gasteiger partial charge on any atom is -0.480 e. The summed E-state index contributed by atoms with van der Waals surface area (Å²) in [7, 11) is 1.60. The van der Waals surface area contributed by atoms with Crippen LogP contribution in [0, 0.1) is 0 Å². The summed E-state index contributed by atoms with van der Waals surface area (Å²) < 4.78 is 6.48. The van der Waals surface area contributed by atoms with E-state index in [1.54, 1.807) is 7.05 Å². The molecule has 1 aliphatic heterocycles. The zero-order valence-corrected chi connectivity index (χ0v) is 9.37. The minimum atomic E-state index is -1.02. The van der Waals surface area contributed by atoms with Crippen molar-refractivity contribution in [2.24, 2.45) is 7.05 Å². The number of aryl methyl sites for hydroxylation is 1. The van der Waals surface area contributed by atoms with Gasteiger partial charge in [-0.2, -0.15) is 0 Å².